The molecule has 0 unspecified atom stereocenters. The van der Waals surface area contributed by atoms with E-state index in [-0.39, 0.29) is 0 Å². The van der Waals surface area contributed by atoms with Gasteiger partial charge in [0.2, 0.25) is 5.91 Å². The fourth-order valence-electron chi connectivity index (χ4n) is 5.79. The van der Waals surface area contributed by atoms with Gasteiger partial charge in [-0.2, -0.15) is 0 Å². The fourth-order valence-corrected chi connectivity index (χ4v) is 5.79. The van der Waals surface area contributed by atoms with Crippen LogP contribution in [0.4, 0.5) is 0 Å². The maximum absolute atomic E-state index is 13.2. The maximum atomic E-state index is 13.2. The van der Waals surface area contributed by atoms with Gasteiger partial charge in [-0.1, -0.05) is 29.8 Å². The van der Waals surface area contributed by atoms with Crippen LogP contribution in [-0.4, -0.2) is 57.0 Å². The van der Waals surface area contributed by atoms with Crippen LogP contribution >= 0.6 is 0 Å². The molecule has 0 radical (unpaired) electrons. The molecule has 1 amide bonds. The molecule has 4 aliphatic rings. The van der Waals surface area contributed by atoms with E-state index in [1.807, 2.05) is 12.5 Å². The molecule has 1 aromatic heterocycles. The second-order valence-electron chi connectivity index (χ2n) is 8.82. The normalized spacial score (nSPS) is 31.2. The molecule has 0 spiro atoms. The molecular weight excluding hydrogens is 348 g/mol. The van der Waals surface area contributed by atoms with Crippen LogP contribution in [0.3, 0.4) is 0 Å². The predicted octanol–water partition coefficient (Wildman–Crippen LogP) is 3.06. The number of piperidine rings is 3. The molecule has 0 aliphatic carbocycles. The smallest absolute Gasteiger partial charge is 0.222 e. The number of rotatable bonds is 5. The molecule has 0 N–H and O–H groups in total. The van der Waals surface area contributed by atoms with Gasteiger partial charge < -0.3 is 9.47 Å². The van der Waals surface area contributed by atoms with Crippen LogP contribution in [0, 0.1) is 12.8 Å². The average Bonchev–Trinajstić information content (AvgIpc) is 3.38. The first-order valence-electron chi connectivity index (χ1n) is 10.8. The molecule has 4 fully saturated rings. The largest absolute Gasteiger partial charge is 0.337 e. The monoisotopic (exact) mass is 378 g/mol. The van der Waals surface area contributed by atoms with Crippen molar-refractivity contribution in [2.45, 2.75) is 57.2 Å². The summed E-state index contributed by atoms with van der Waals surface area (Å²) in [5.41, 5.74) is 2.71. The van der Waals surface area contributed by atoms with Crippen molar-refractivity contribution >= 4 is 5.91 Å². The highest BCUT2D eigenvalue weighted by Crippen LogP contribution is 2.46. The lowest BCUT2D eigenvalue weighted by atomic mass is 9.75. The van der Waals surface area contributed by atoms with E-state index in [2.05, 4.69) is 50.5 Å². The van der Waals surface area contributed by atoms with Crippen molar-refractivity contribution in [1.82, 2.24) is 19.4 Å². The quantitative estimate of drug-likeness (QED) is 0.803. The van der Waals surface area contributed by atoms with Gasteiger partial charge in [0.25, 0.3) is 0 Å². The Balaban J connectivity index is 1.34. The summed E-state index contributed by atoms with van der Waals surface area (Å²) in [5.74, 6) is 1.48. The Morgan fingerprint density at radius 2 is 1.93 bits per heavy atom. The molecule has 2 aromatic rings. The Kier molecular flexibility index (Phi) is 4.71. The van der Waals surface area contributed by atoms with E-state index in [1.165, 1.54) is 37.1 Å². The third-order valence-electron chi connectivity index (χ3n) is 7.19. The molecule has 3 atom stereocenters. The molecule has 2 bridgehead atoms. The number of carbonyl (C=O) groups is 1. The van der Waals surface area contributed by atoms with Gasteiger partial charge in [0.15, 0.2) is 0 Å². The molecule has 4 aliphatic heterocycles. The molecule has 5 heterocycles. The van der Waals surface area contributed by atoms with Crippen LogP contribution in [0.2, 0.25) is 0 Å². The summed E-state index contributed by atoms with van der Waals surface area (Å²) < 4.78 is 2.06. The van der Waals surface area contributed by atoms with E-state index >= 15 is 0 Å². The van der Waals surface area contributed by atoms with E-state index in [0.717, 1.165) is 19.5 Å². The van der Waals surface area contributed by atoms with Gasteiger partial charge >= 0.3 is 0 Å². The summed E-state index contributed by atoms with van der Waals surface area (Å²) in [7, 11) is 0. The van der Waals surface area contributed by atoms with Crippen molar-refractivity contribution in [2.24, 2.45) is 5.92 Å². The number of nitrogens with zero attached hydrogens (tertiary/aromatic N) is 4. The summed E-state index contributed by atoms with van der Waals surface area (Å²) in [5, 5.41) is 0. The van der Waals surface area contributed by atoms with E-state index in [0.29, 0.717) is 36.2 Å². The van der Waals surface area contributed by atoms with Crippen LogP contribution in [0.25, 0.3) is 0 Å². The zero-order valence-electron chi connectivity index (χ0n) is 16.7. The van der Waals surface area contributed by atoms with Gasteiger partial charge in [0, 0.05) is 43.9 Å². The van der Waals surface area contributed by atoms with E-state index in [1.54, 1.807) is 6.20 Å². The predicted molar refractivity (Wildman–Crippen MR) is 109 cm³/mol. The molecule has 4 saturated heterocycles. The third kappa shape index (κ3) is 3.16. The number of amides is 1. The number of hydrogen-bond donors (Lipinski definition) is 0. The minimum atomic E-state index is 0.346. The Morgan fingerprint density at radius 3 is 2.64 bits per heavy atom. The second-order valence-corrected chi connectivity index (χ2v) is 8.82. The molecule has 6 rings (SSSR count). The van der Waals surface area contributed by atoms with Crippen LogP contribution in [0.1, 0.15) is 42.7 Å². The second kappa shape index (κ2) is 7.36. The number of benzene rings is 1. The fraction of sp³-hybridized carbons (Fsp3) is 0.565. The Bertz CT molecular complexity index is 808. The molecule has 28 heavy (non-hydrogen) atoms. The van der Waals surface area contributed by atoms with Crippen molar-refractivity contribution in [3.8, 4) is 0 Å². The summed E-state index contributed by atoms with van der Waals surface area (Å²) in [4.78, 5) is 22.2. The van der Waals surface area contributed by atoms with Crippen molar-refractivity contribution in [1.29, 1.82) is 0 Å². The van der Waals surface area contributed by atoms with Crippen molar-refractivity contribution in [3.05, 3.63) is 54.1 Å². The molecule has 0 saturated carbocycles. The highest BCUT2D eigenvalue weighted by molar-refractivity contribution is 5.77. The summed E-state index contributed by atoms with van der Waals surface area (Å²) in [6, 6.07) is 9.93. The number of likely N-dealkylation sites (tertiary alicyclic amines) is 1. The van der Waals surface area contributed by atoms with Gasteiger partial charge in [-0.05, 0) is 50.8 Å². The third-order valence-corrected chi connectivity index (χ3v) is 7.19. The molecule has 148 valence electrons. The van der Waals surface area contributed by atoms with Gasteiger partial charge in [-0.3, -0.25) is 9.69 Å². The first-order chi connectivity index (χ1) is 13.7. The van der Waals surface area contributed by atoms with Crippen LogP contribution in [0.15, 0.2) is 43.0 Å². The molecule has 1 aromatic carbocycles. The number of aromatic nitrogens is 2. The molecule has 5 nitrogen and oxygen atoms in total. The van der Waals surface area contributed by atoms with Gasteiger partial charge in [0.05, 0.1) is 12.4 Å². The zero-order chi connectivity index (χ0) is 19.1. The first kappa shape index (κ1) is 17.9. The Labute approximate surface area is 167 Å². The molecular formula is C23H30N4O. The Hall–Kier alpha value is -2.14. The molecule has 5 heteroatoms. The van der Waals surface area contributed by atoms with E-state index in [4.69, 9.17) is 0 Å². The lowest BCUT2D eigenvalue weighted by molar-refractivity contribution is -0.136. The lowest BCUT2D eigenvalue weighted by Crippen LogP contribution is -2.60. The minimum Gasteiger partial charge on any atom is -0.337 e. The number of carbonyl (C=O) groups excluding carboxylic acids is 1. The zero-order valence-corrected chi connectivity index (χ0v) is 16.7. The summed E-state index contributed by atoms with van der Waals surface area (Å²) in [6.07, 6.45) is 9.61. The topological polar surface area (TPSA) is 41.4 Å². The highest BCUT2D eigenvalue weighted by Gasteiger charge is 2.54. The summed E-state index contributed by atoms with van der Waals surface area (Å²) in [6.45, 7) is 6.30. The maximum Gasteiger partial charge on any atom is 0.222 e. The highest BCUT2D eigenvalue weighted by atomic mass is 16.2. The number of aryl methyl sites for hydroxylation is 2. The number of fused-ring (bicyclic) bond motifs is 2. The van der Waals surface area contributed by atoms with Crippen molar-refractivity contribution in [3.63, 3.8) is 0 Å². The number of hydrogen-bond acceptors (Lipinski definition) is 3. The van der Waals surface area contributed by atoms with E-state index < -0.39 is 0 Å². The SMILES string of the molecule is Cc1ccc([C@H]2CN(C(=O)CCCn3ccnc3)[C@@H]3C4CCN(CC4)[C@H]23)cc1. The van der Waals surface area contributed by atoms with E-state index in [9.17, 15) is 4.79 Å². The Morgan fingerprint density at radius 1 is 1.14 bits per heavy atom. The van der Waals surface area contributed by atoms with Crippen molar-refractivity contribution < 1.29 is 4.79 Å². The van der Waals surface area contributed by atoms with Crippen LogP contribution < -0.4 is 0 Å². The van der Waals surface area contributed by atoms with Crippen LogP contribution in [-0.2, 0) is 11.3 Å². The minimum absolute atomic E-state index is 0.346. The first-order valence-corrected chi connectivity index (χ1v) is 10.8. The lowest BCUT2D eigenvalue weighted by Gasteiger charge is -2.51. The average molecular weight is 379 g/mol. The number of imidazole rings is 1. The standard InChI is InChI=1S/C23H30N4O/c1-17-4-6-18(7-5-17)20-15-27(21(28)3-2-11-25-14-10-24-16-25)22-19-8-12-26(13-9-19)23(20)22/h4-7,10,14,16,19-20,22-23H,2-3,8-9,11-13,15H2,1H3/t20-,22-,23-/m1/s1. The van der Waals surface area contributed by atoms with Gasteiger partial charge in [0.1, 0.15) is 0 Å². The van der Waals surface area contributed by atoms with Gasteiger partial charge in [-0.25, -0.2) is 4.98 Å². The summed E-state index contributed by atoms with van der Waals surface area (Å²) >= 11 is 0. The van der Waals surface area contributed by atoms with Crippen LogP contribution in [0.5, 0.6) is 0 Å². The van der Waals surface area contributed by atoms with Gasteiger partial charge in [-0.15, -0.1) is 0 Å². The van der Waals surface area contributed by atoms with Crippen molar-refractivity contribution in [2.75, 3.05) is 19.6 Å².